The van der Waals surface area contributed by atoms with E-state index < -0.39 is 10.1 Å². The van der Waals surface area contributed by atoms with E-state index in [0.29, 0.717) is 6.10 Å². The molecule has 1 aromatic rings. The zero-order chi connectivity index (χ0) is 12.7. The highest BCUT2D eigenvalue weighted by Gasteiger charge is 2.06. The van der Waals surface area contributed by atoms with E-state index in [-0.39, 0.29) is 4.90 Å². The lowest BCUT2D eigenvalue weighted by Crippen LogP contribution is -2.36. The van der Waals surface area contributed by atoms with E-state index in [2.05, 4.69) is 12.2 Å². The molecule has 5 nitrogen and oxygen atoms in total. The van der Waals surface area contributed by atoms with Gasteiger partial charge in [0.1, 0.15) is 0 Å². The molecule has 1 fully saturated rings. The number of hydrogen-bond acceptors (Lipinski definition) is 4. The molecule has 1 aromatic carbocycles. The summed E-state index contributed by atoms with van der Waals surface area (Å²) in [7, 11) is -4.00. The van der Waals surface area contributed by atoms with E-state index in [1.54, 1.807) is 18.2 Å². The highest BCUT2D eigenvalue weighted by molar-refractivity contribution is 7.85. The number of ether oxygens (including phenoxy) is 1. The summed E-state index contributed by atoms with van der Waals surface area (Å²) < 4.78 is 34.5. The van der Waals surface area contributed by atoms with Crippen LogP contribution in [0.5, 0.6) is 0 Å². The Morgan fingerprint density at radius 2 is 2.00 bits per heavy atom. The average Bonchev–Trinajstić information content (AvgIpc) is 2.31. The molecule has 0 aromatic heterocycles. The largest absolute Gasteiger partial charge is 0.376 e. The maximum absolute atomic E-state index is 10.4. The first-order valence-corrected chi connectivity index (χ1v) is 6.79. The topological polar surface area (TPSA) is 75.6 Å². The molecule has 6 heteroatoms. The molecule has 1 saturated heterocycles. The Morgan fingerprint density at radius 1 is 1.35 bits per heavy atom. The van der Waals surface area contributed by atoms with Gasteiger partial charge in [-0.15, -0.1) is 0 Å². The molecule has 1 heterocycles. The summed E-state index contributed by atoms with van der Waals surface area (Å²) in [5, 5.41) is 3.21. The van der Waals surface area contributed by atoms with E-state index >= 15 is 0 Å². The van der Waals surface area contributed by atoms with Gasteiger partial charge in [-0.05, 0) is 19.1 Å². The molecule has 0 saturated carbocycles. The van der Waals surface area contributed by atoms with E-state index in [4.69, 9.17) is 9.29 Å². The van der Waals surface area contributed by atoms with Crippen LogP contribution in [0, 0.1) is 0 Å². The van der Waals surface area contributed by atoms with Crippen LogP contribution in [0.1, 0.15) is 6.92 Å². The van der Waals surface area contributed by atoms with Crippen molar-refractivity contribution in [3.8, 4) is 0 Å². The second-order valence-electron chi connectivity index (χ2n) is 3.67. The van der Waals surface area contributed by atoms with Gasteiger partial charge >= 0.3 is 0 Å². The van der Waals surface area contributed by atoms with Crippen LogP contribution in [0.15, 0.2) is 35.2 Å². The highest BCUT2D eigenvalue weighted by Crippen LogP contribution is 2.05. The fraction of sp³-hybridized carbons (Fsp3) is 0.455. The Morgan fingerprint density at radius 3 is 2.29 bits per heavy atom. The summed E-state index contributed by atoms with van der Waals surface area (Å²) in [5.41, 5.74) is 0. The number of benzene rings is 1. The SMILES string of the molecule is CC1CNCCO1.O=S(=O)(O)c1ccccc1. The molecule has 96 valence electrons. The number of hydrogen-bond donors (Lipinski definition) is 2. The molecule has 2 rings (SSSR count). The third-order valence-corrected chi connectivity index (χ3v) is 3.02. The molecular weight excluding hydrogens is 242 g/mol. The number of rotatable bonds is 1. The van der Waals surface area contributed by atoms with Crippen molar-refractivity contribution in [2.24, 2.45) is 0 Å². The molecule has 1 unspecified atom stereocenters. The van der Waals surface area contributed by atoms with Crippen LogP contribution in [-0.4, -0.2) is 38.8 Å². The standard InChI is InChI=1S/C6H6O3S.C5H11NO/c7-10(8,9)6-4-2-1-3-5-6;1-5-4-6-2-3-7-5/h1-5H,(H,7,8,9);5-6H,2-4H2,1H3. The molecule has 17 heavy (non-hydrogen) atoms. The first-order valence-electron chi connectivity index (χ1n) is 5.35. The molecule has 2 N–H and O–H groups in total. The highest BCUT2D eigenvalue weighted by atomic mass is 32.2. The van der Waals surface area contributed by atoms with Gasteiger partial charge in [-0.1, -0.05) is 18.2 Å². The fourth-order valence-electron chi connectivity index (χ4n) is 1.29. The van der Waals surface area contributed by atoms with Crippen LogP contribution in [0.2, 0.25) is 0 Å². The minimum absolute atomic E-state index is 0.0741. The van der Waals surface area contributed by atoms with Gasteiger partial charge in [-0.25, -0.2) is 0 Å². The Hall–Kier alpha value is -0.950. The van der Waals surface area contributed by atoms with Gasteiger partial charge in [0.05, 0.1) is 17.6 Å². The summed E-state index contributed by atoms with van der Waals surface area (Å²) in [6, 6.07) is 7.42. The summed E-state index contributed by atoms with van der Waals surface area (Å²) in [5.74, 6) is 0. The van der Waals surface area contributed by atoms with Gasteiger partial charge in [-0.2, -0.15) is 8.42 Å². The Labute approximate surface area is 102 Å². The molecule has 0 aliphatic carbocycles. The van der Waals surface area contributed by atoms with Crippen molar-refractivity contribution in [2.45, 2.75) is 17.9 Å². The van der Waals surface area contributed by atoms with E-state index in [0.717, 1.165) is 19.7 Å². The fourth-order valence-corrected chi connectivity index (χ4v) is 1.79. The smallest absolute Gasteiger partial charge is 0.294 e. The molecule has 0 radical (unpaired) electrons. The number of nitrogens with one attached hydrogen (secondary N) is 1. The Balaban J connectivity index is 0.000000181. The molecular formula is C11H17NO4S. The summed E-state index contributed by atoms with van der Waals surface area (Å²) in [6.07, 6.45) is 0.425. The first kappa shape index (κ1) is 14.1. The monoisotopic (exact) mass is 259 g/mol. The molecule has 0 amide bonds. The molecule has 1 aliphatic heterocycles. The van der Waals surface area contributed by atoms with Crippen LogP contribution < -0.4 is 5.32 Å². The van der Waals surface area contributed by atoms with Crippen molar-refractivity contribution in [3.05, 3.63) is 30.3 Å². The first-order chi connectivity index (χ1) is 8.00. The van der Waals surface area contributed by atoms with E-state index in [1.807, 2.05) is 0 Å². The van der Waals surface area contributed by atoms with Crippen LogP contribution in [-0.2, 0) is 14.9 Å². The maximum Gasteiger partial charge on any atom is 0.294 e. The zero-order valence-corrected chi connectivity index (χ0v) is 10.5. The van der Waals surface area contributed by atoms with Crippen LogP contribution in [0.4, 0.5) is 0 Å². The van der Waals surface area contributed by atoms with Gasteiger partial charge < -0.3 is 10.1 Å². The zero-order valence-electron chi connectivity index (χ0n) is 9.67. The van der Waals surface area contributed by atoms with Crippen LogP contribution >= 0.6 is 0 Å². The van der Waals surface area contributed by atoms with Crippen molar-refractivity contribution in [3.63, 3.8) is 0 Å². The Kier molecular flexibility index (Phi) is 5.57. The van der Waals surface area contributed by atoms with Gasteiger partial charge in [-0.3, -0.25) is 4.55 Å². The van der Waals surface area contributed by atoms with Gasteiger partial charge in [0, 0.05) is 13.1 Å². The van der Waals surface area contributed by atoms with Crippen LogP contribution in [0.25, 0.3) is 0 Å². The second kappa shape index (κ2) is 6.70. The van der Waals surface area contributed by atoms with Crippen molar-refractivity contribution in [1.29, 1.82) is 0 Å². The van der Waals surface area contributed by atoms with Gasteiger partial charge in [0.2, 0.25) is 0 Å². The van der Waals surface area contributed by atoms with Crippen LogP contribution in [0.3, 0.4) is 0 Å². The summed E-state index contributed by atoms with van der Waals surface area (Å²) in [6.45, 7) is 4.98. The summed E-state index contributed by atoms with van der Waals surface area (Å²) in [4.78, 5) is -0.0741. The average molecular weight is 259 g/mol. The van der Waals surface area contributed by atoms with Gasteiger partial charge in [0.15, 0.2) is 0 Å². The molecule has 1 atom stereocenters. The predicted octanol–water partition coefficient (Wildman–Crippen LogP) is 0.928. The van der Waals surface area contributed by atoms with Gasteiger partial charge in [0.25, 0.3) is 10.1 Å². The lowest BCUT2D eigenvalue weighted by molar-refractivity contribution is 0.0410. The van der Waals surface area contributed by atoms with Crippen molar-refractivity contribution in [2.75, 3.05) is 19.7 Å². The lowest BCUT2D eigenvalue weighted by Gasteiger charge is -2.18. The van der Waals surface area contributed by atoms with E-state index in [9.17, 15) is 8.42 Å². The van der Waals surface area contributed by atoms with Crippen molar-refractivity contribution in [1.82, 2.24) is 5.32 Å². The predicted molar refractivity (Wildman–Crippen MR) is 64.5 cm³/mol. The third kappa shape index (κ3) is 5.78. The molecule has 0 spiro atoms. The van der Waals surface area contributed by atoms with Crippen molar-refractivity contribution >= 4 is 10.1 Å². The van der Waals surface area contributed by atoms with E-state index in [1.165, 1.54) is 12.1 Å². The molecule has 0 bridgehead atoms. The minimum atomic E-state index is -4.00. The normalized spacial score (nSPS) is 20.2. The summed E-state index contributed by atoms with van der Waals surface area (Å²) >= 11 is 0. The van der Waals surface area contributed by atoms with Crippen molar-refractivity contribution < 1.29 is 17.7 Å². The quantitative estimate of drug-likeness (QED) is 0.734. The maximum atomic E-state index is 10.4. The Bertz CT molecular complexity index is 412. The second-order valence-corrected chi connectivity index (χ2v) is 5.10. The lowest BCUT2D eigenvalue weighted by atomic mass is 10.3. The minimum Gasteiger partial charge on any atom is -0.376 e. The molecule has 1 aliphatic rings. The third-order valence-electron chi connectivity index (χ3n) is 2.15. The number of morpholine rings is 1.